The molecule has 3 rings (SSSR count). The summed E-state index contributed by atoms with van der Waals surface area (Å²) in [5, 5.41) is 3.09. The summed E-state index contributed by atoms with van der Waals surface area (Å²) in [5.41, 5.74) is 0.443. The lowest BCUT2D eigenvalue weighted by atomic mass is 10.1. The van der Waals surface area contributed by atoms with Crippen LogP contribution in [0.4, 0.5) is 5.13 Å². The summed E-state index contributed by atoms with van der Waals surface area (Å²) in [6.45, 7) is 6.88. The number of amides is 1. The second kappa shape index (κ2) is 4.75. The van der Waals surface area contributed by atoms with Crippen molar-refractivity contribution in [1.82, 2.24) is 9.88 Å². The number of rotatable bonds is 2. The molecule has 1 atom stereocenters. The molecule has 1 unspecified atom stereocenters. The molecule has 110 valence electrons. The van der Waals surface area contributed by atoms with Crippen molar-refractivity contribution in [3.63, 3.8) is 0 Å². The minimum atomic E-state index is -0.881. The summed E-state index contributed by atoms with van der Waals surface area (Å²) in [5.74, 6) is 0.0810. The third-order valence-electron chi connectivity index (χ3n) is 4.17. The Kier molecular flexibility index (Phi) is 3.42. The highest BCUT2D eigenvalue weighted by Crippen LogP contribution is 2.64. The maximum atomic E-state index is 12.5. The Labute approximate surface area is 132 Å². The van der Waals surface area contributed by atoms with E-state index in [2.05, 4.69) is 9.88 Å². The zero-order valence-corrected chi connectivity index (χ0v) is 13.9. The zero-order chi connectivity index (χ0) is 14.5. The molecule has 0 aromatic carbocycles. The van der Waals surface area contributed by atoms with Crippen molar-refractivity contribution in [3.05, 3.63) is 11.1 Å². The predicted molar refractivity (Wildman–Crippen MR) is 82.8 cm³/mol. The summed E-state index contributed by atoms with van der Waals surface area (Å²) in [4.78, 5) is 21.1. The van der Waals surface area contributed by atoms with Gasteiger partial charge >= 0.3 is 0 Å². The molecule has 0 spiro atoms. The lowest BCUT2D eigenvalue weighted by molar-refractivity contribution is -0.136. The average molecular weight is 334 g/mol. The molecule has 0 N–H and O–H groups in total. The molecule has 1 amide bonds. The molecule has 2 heterocycles. The van der Waals surface area contributed by atoms with Crippen LogP contribution in [0.15, 0.2) is 5.38 Å². The lowest BCUT2D eigenvalue weighted by Crippen LogP contribution is -2.51. The quantitative estimate of drug-likeness (QED) is 0.781. The van der Waals surface area contributed by atoms with E-state index in [0.29, 0.717) is 19.5 Å². The van der Waals surface area contributed by atoms with Crippen molar-refractivity contribution in [2.24, 2.45) is 5.41 Å². The standard InChI is InChI=1S/C13H17Cl2N3OS/c1-9-7-20-11(16-9)18-5-3-17(4-6-18)10(19)12(2)8-13(12,14)15/h7H,3-6,8H2,1-2H3. The molecular weight excluding hydrogens is 317 g/mol. The largest absolute Gasteiger partial charge is 0.345 e. The highest BCUT2D eigenvalue weighted by Gasteiger charge is 2.68. The van der Waals surface area contributed by atoms with E-state index >= 15 is 0 Å². The minimum absolute atomic E-state index is 0.0810. The number of thiazole rings is 1. The van der Waals surface area contributed by atoms with Crippen LogP contribution < -0.4 is 4.90 Å². The van der Waals surface area contributed by atoms with Gasteiger partial charge in [-0.2, -0.15) is 0 Å². The maximum absolute atomic E-state index is 12.5. The second-order valence-electron chi connectivity index (χ2n) is 5.76. The minimum Gasteiger partial charge on any atom is -0.345 e. The number of piperazine rings is 1. The van der Waals surface area contributed by atoms with Crippen LogP contribution in [-0.2, 0) is 4.79 Å². The molecule has 0 radical (unpaired) electrons. The summed E-state index contributed by atoms with van der Waals surface area (Å²) in [7, 11) is 0. The number of carbonyl (C=O) groups excluding carboxylic acids is 1. The Morgan fingerprint density at radius 3 is 2.40 bits per heavy atom. The summed E-state index contributed by atoms with van der Waals surface area (Å²) in [6.07, 6.45) is 0.549. The number of carbonyl (C=O) groups is 1. The molecule has 2 aliphatic rings. The van der Waals surface area contributed by atoms with Gasteiger partial charge in [0.2, 0.25) is 5.91 Å². The first-order chi connectivity index (χ1) is 9.33. The van der Waals surface area contributed by atoms with Gasteiger partial charge in [0, 0.05) is 31.6 Å². The SMILES string of the molecule is Cc1csc(N2CCN(C(=O)C3(C)CC3(Cl)Cl)CC2)n1. The Hall–Kier alpha value is -0.520. The van der Waals surface area contributed by atoms with Crippen molar-refractivity contribution in [2.45, 2.75) is 24.6 Å². The monoisotopic (exact) mass is 333 g/mol. The number of hydrogen-bond acceptors (Lipinski definition) is 4. The number of hydrogen-bond donors (Lipinski definition) is 0. The summed E-state index contributed by atoms with van der Waals surface area (Å²) < 4.78 is -0.881. The Balaban J connectivity index is 1.61. The van der Waals surface area contributed by atoms with Crippen LogP contribution in [0.25, 0.3) is 0 Å². The third-order valence-corrected chi connectivity index (χ3v) is 6.29. The Morgan fingerprint density at radius 2 is 1.95 bits per heavy atom. The normalized spacial score (nSPS) is 28.6. The fourth-order valence-corrected chi connectivity index (χ4v) is 4.12. The van der Waals surface area contributed by atoms with Gasteiger partial charge in [0.05, 0.1) is 11.1 Å². The van der Waals surface area contributed by atoms with Crippen LogP contribution in [0, 0.1) is 12.3 Å². The van der Waals surface area contributed by atoms with Gasteiger partial charge in [-0.1, -0.05) is 0 Å². The van der Waals surface area contributed by atoms with Crippen molar-refractivity contribution < 1.29 is 4.79 Å². The van der Waals surface area contributed by atoms with E-state index in [-0.39, 0.29) is 5.91 Å². The van der Waals surface area contributed by atoms with E-state index < -0.39 is 9.75 Å². The number of aryl methyl sites for hydroxylation is 1. The van der Waals surface area contributed by atoms with Gasteiger partial charge < -0.3 is 9.80 Å². The second-order valence-corrected chi connectivity index (χ2v) is 8.08. The predicted octanol–water partition coefficient (Wildman–Crippen LogP) is 2.68. The van der Waals surface area contributed by atoms with Gasteiger partial charge in [-0.05, 0) is 20.3 Å². The molecule has 20 heavy (non-hydrogen) atoms. The van der Waals surface area contributed by atoms with E-state index in [4.69, 9.17) is 23.2 Å². The van der Waals surface area contributed by atoms with Crippen LogP contribution in [0.5, 0.6) is 0 Å². The molecular formula is C13H17Cl2N3OS. The molecule has 1 aromatic rings. The van der Waals surface area contributed by atoms with Crippen LogP contribution in [0.1, 0.15) is 19.0 Å². The highest BCUT2D eigenvalue weighted by molar-refractivity contribution is 7.13. The molecule has 0 bridgehead atoms. The molecule has 7 heteroatoms. The number of aromatic nitrogens is 1. The van der Waals surface area contributed by atoms with E-state index in [1.165, 1.54) is 0 Å². The Morgan fingerprint density at radius 1 is 1.35 bits per heavy atom. The number of alkyl halides is 2. The molecule has 1 saturated heterocycles. The number of anilines is 1. The summed E-state index contributed by atoms with van der Waals surface area (Å²) >= 11 is 13.8. The van der Waals surface area contributed by atoms with Gasteiger partial charge in [-0.3, -0.25) is 4.79 Å². The Bertz CT molecular complexity index is 539. The first kappa shape index (κ1) is 14.4. The first-order valence-corrected chi connectivity index (χ1v) is 8.31. The molecule has 1 saturated carbocycles. The van der Waals surface area contributed by atoms with Crippen LogP contribution in [0.3, 0.4) is 0 Å². The van der Waals surface area contributed by atoms with Gasteiger partial charge in [0.15, 0.2) is 5.13 Å². The molecule has 2 fully saturated rings. The molecule has 1 aliphatic heterocycles. The van der Waals surface area contributed by atoms with Crippen LogP contribution >= 0.6 is 34.5 Å². The van der Waals surface area contributed by atoms with Crippen molar-refractivity contribution in [2.75, 3.05) is 31.1 Å². The van der Waals surface area contributed by atoms with Crippen LogP contribution in [-0.4, -0.2) is 46.3 Å². The van der Waals surface area contributed by atoms with E-state index in [1.807, 2.05) is 24.1 Å². The van der Waals surface area contributed by atoms with Gasteiger partial charge in [0.1, 0.15) is 4.33 Å². The lowest BCUT2D eigenvalue weighted by Gasteiger charge is -2.36. The smallest absolute Gasteiger partial charge is 0.231 e. The third kappa shape index (κ3) is 2.30. The van der Waals surface area contributed by atoms with E-state index in [1.54, 1.807) is 11.3 Å². The fourth-order valence-electron chi connectivity index (χ4n) is 2.57. The highest BCUT2D eigenvalue weighted by atomic mass is 35.5. The van der Waals surface area contributed by atoms with Crippen molar-refractivity contribution in [3.8, 4) is 0 Å². The van der Waals surface area contributed by atoms with Gasteiger partial charge in [-0.25, -0.2) is 4.98 Å². The van der Waals surface area contributed by atoms with Gasteiger partial charge in [-0.15, -0.1) is 34.5 Å². The fraction of sp³-hybridized carbons (Fsp3) is 0.692. The summed E-state index contributed by atoms with van der Waals surface area (Å²) in [6, 6.07) is 0. The molecule has 4 nitrogen and oxygen atoms in total. The zero-order valence-electron chi connectivity index (χ0n) is 11.5. The topological polar surface area (TPSA) is 36.4 Å². The number of halogens is 2. The van der Waals surface area contributed by atoms with Crippen molar-refractivity contribution in [1.29, 1.82) is 0 Å². The van der Waals surface area contributed by atoms with Crippen LogP contribution in [0.2, 0.25) is 0 Å². The molecule has 1 aliphatic carbocycles. The van der Waals surface area contributed by atoms with E-state index in [9.17, 15) is 4.79 Å². The molecule has 1 aromatic heterocycles. The van der Waals surface area contributed by atoms with E-state index in [0.717, 1.165) is 23.9 Å². The first-order valence-electron chi connectivity index (χ1n) is 6.68. The number of nitrogens with zero attached hydrogens (tertiary/aromatic N) is 3. The average Bonchev–Trinajstić information content (AvgIpc) is 2.75. The van der Waals surface area contributed by atoms with Gasteiger partial charge in [0.25, 0.3) is 0 Å². The maximum Gasteiger partial charge on any atom is 0.231 e. The van der Waals surface area contributed by atoms with Crippen molar-refractivity contribution >= 4 is 45.6 Å².